The number of β-lactam (4-membered cyclic amide) rings is 1. The van der Waals surface area contributed by atoms with Crippen molar-refractivity contribution in [2.24, 2.45) is 0 Å². The molecule has 0 saturated carbocycles. The number of nitrogens with zero attached hydrogens (tertiary/aromatic N) is 1. The third kappa shape index (κ3) is 1.71. The molecule has 5 heteroatoms. The largest absolute Gasteiger partial charge is 0.477 e. The van der Waals surface area contributed by atoms with Crippen LogP contribution < -0.4 is 0 Å². The Hall–Kier alpha value is -1.75. The van der Waals surface area contributed by atoms with Crippen LogP contribution in [0.1, 0.15) is 12.8 Å². The minimum atomic E-state index is -1.01. The summed E-state index contributed by atoms with van der Waals surface area (Å²) in [6.45, 7) is 0. The van der Waals surface area contributed by atoms with Gasteiger partial charge in [-0.2, -0.15) is 0 Å². The second-order valence-corrected chi connectivity index (χ2v) is 5.49. The third-order valence-electron chi connectivity index (χ3n) is 3.16. The number of aliphatic carboxylic acids is 1. The maximum Gasteiger partial charge on any atom is 0.353 e. The van der Waals surface area contributed by atoms with Crippen LogP contribution >= 0.6 is 11.8 Å². The summed E-state index contributed by atoms with van der Waals surface area (Å²) in [5.41, 5.74) is 0.171. The number of hydrogen-bond acceptors (Lipinski definition) is 3. The fraction of sp³-hybridized carbons (Fsp3) is 0.231. The number of hydrogen-bond donors (Lipinski definition) is 1. The van der Waals surface area contributed by atoms with Crippen molar-refractivity contribution in [2.45, 2.75) is 23.8 Å². The van der Waals surface area contributed by atoms with E-state index in [9.17, 15) is 14.7 Å². The van der Waals surface area contributed by atoms with E-state index < -0.39 is 5.97 Å². The molecule has 0 bridgehead atoms. The van der Waals surface area contributed by atoms with Gasteiger partial charge in [-0.25, -0.2) is 4.79 Å². The topological polar surface area (TPSA) is 57.6 Å². The molecule has 92 valence electrons. The number of thioether (sulfide) groups is 1. The van der Waals surface area contributed by atoms with Crippen molar-refractivity contribution in [1.82, 2.24) is 4.90 Å². The average molecular weight is 261 g/mol. The van der Waals surface area contributed by atoms with E-state index in [0.717, 1.165) is 9.80 Å². The lowest BCUT2D eigenvalue weighted by molar-refractivity contribution is -0.147. The van der Waals surface area contributed by atoms with Gasteiger partial charge < -0.3 is 10.0 Å². The van der Waals surface area contributed by atoms with Crippen LogP contribution in [0.25, 0.3) is 0 Å². The maximum atomic E-state index is 11.4. The molecule has 1 fully saturated rings. The summed E-state index contributed by atoms with van der Waals surface area (Å²) < 4.78 is 0. The van der Waals surface area contributed by atoms with E-state index in [2.05, 4.69) is 0 Å². The van der Waals surface area contributed by atoms with Crippen molar-refractivity contribution in [3.05, 3.63) is 40.9 Å². The molecule has 1 saturated heterocycles. The number of amides is 1. The maximum absolute atomic E-state index is 11.4. The molecule has 1 amide bonds. The standard InChI is InChI=1S/C13H11NO3S/c15-11-7-8-6-10(12(13(16)17)14(8)11)18-9-4-2-1-3-5-9/h1-5,8H,6-7H2,(H,16,17). The molecule has 0 spiro atoms. The van der Waals surface area contributed by atoms with Crippen LogP contribution in [0.5, 0.6) is 0 Å². The number of carboxylic acid groups (broad SMARTS) is 1. The Morgan fingerprint density at radius 1 is 1.28 bits per heavy atom. The fourth-order valence-electron chi connectivity index (χ4n) is 2.34. The van der Waals surface area contributed by atoms with Crippen LogP contribution in [0.4, 0.5) is 0 Å². The van der Waals surface area contributed by atoms with Gasteiger partial charge in [-0.05, 0) is 12.1 Å². The molecule has 3 rings (SSSR count). The zero-order valence-corrected chi connectivity index (χ0v) is 10.3. The molecular weight excluding hydrogens is 250 g/mol. The SMILES string of the molecule is O=C(O)C1=C(Sc2ccccc2)CC2CC(=O)N12. The molecule has 1 aromatic carbocycles. The van der Waals surface area contributed by atoms with E-state index in [1.54, 1.807) is 0 Å². The zero-order valence-electron chi connectivity index (χ0n) is 9.50. The summed E-state index contributed by atoms with van der Waals surface area (Å²) in [5.74, 6) is -1.09. The van der Waals surface area contributed by atoms with E-state index in [-0.39, 0.29) is 17.6 Å². The van der Waals surface area contributed by atoms with Crippen molar-refractivity contribution >= 4 is 23.6 Å². The highest BCUT2D eigenvalue weighted by Gasteiger charge is 2.47. The Morgan fingerprint density at radius 3 is 2.61 bits per heavy atom. The van der Waals surface area contributed by atoms with Crippen molar-refractivity contribution in [2.75, 3.05) is 0 Å². The highest BCUT2D eigenvalue weighted by molar-refractivity contribution is 8.03. The van der Waals surface area contributed by atoms with Gasteiger partial charge in [-0.15, -0.1) is 0 Å². The minimum Gasteiger partial charge on any atom is -0.477 e. The smallest absolute Gasteiger partial charge is 0.353 e. The lowest BCUT2D eigenvalue weighted by Gasteiger charge is -2.34. The van der Waals surface area contributed by atoms with Crippen molar-refractivity contribution in [3.63, 3.8) is 0 Å². The fourth-order valence-corrected chi connectivity index (χ4v) is 3.48. The van der Waals surface area contributed by atoms with E-state index >= 15 is 0 Å². The molecule has 0 aliphatic carbocycles. The summed E-state index contributed by atoms with van der Waals surface area (Å²) in [5, 5.41) is 9.24. The Bertz CT molecular complexity index is 553. The molecular formula is C13H11NO3S. The lowest BCUT2D eigenvalue weighted by atomic mass is 10.0. The molecule has 1 unspecified atom stereocenters. The summed E-state index contributed by atoms with van der Waals surface area (Å²) in [6.07, 6.45) is 1.13. The summed E-state index contributed by atoms with van der Waals surface area (Å²) >= 11 is 1.44. The van der Waals surface area contributed by atoms with Crippen LogP contribution in [-0.2, 0) is 9.59 Å². The van der Waals surface area contributed by atoms with Crippen molar-refractivity contribution in [1.29, 1.82) is 0 Å². The molecule has 0 aromatic heterocycles. The van der Waals surface area contributed by atoms with Crippen molar-refractivity contribution < 1.29 is 14.7 Å². The van der Waals surface area contributed by atoms with Crippen molar-refractivity contribution in [3.8, 4) is 0 Å². The Kier molecular flexibility index (Phi) is 2.63. The highest BCUT2D eigenvalue weighted by Crippen LogP contribution is 2.45. The second-order valence-electron chi connectivity index (χ2n) is 4.32. The number of carbonyl (C=O) groups is 2. The van der Waals surface area contributed by atoms with Crippen LogP contribution in [0.15, 0.2) is 45.8 Å². The van der Waals surface area contributed by atoms with Gasteiger partial charge in [0.25, 0.3) is 0 Å². The number of rotatable bonds is 3. The molecule has 2 aliphatic rings. The first-order chi connectivity index (χ1) is 8.66. The molecule has 2 aliphatic heterocycles. The van der Waals surface area contributed by atoms with Crippen LogP contribution in [0, 0.1) is 0 Å². The lowest BCUT2D eigenvalue weighted by Crippen LogP contribution is -2.49. The van der Waals surface area contributed by atoms with Crippen LogP contribution in [-0.4, -0.2) is 27.9 Å². The van der Waals surface area contributed by atoms with Crippen LogP contribution in [0.2, 0.25) is 0 Å². The molecule has 4 nitrogen and oxygen atoms in total. The van der Waals surface area contributed by atoms with Gasteiger partial charge >= 0.3 is 5.97 Å². The van der Waals surface area contributed by atoms with E-state index in [1.807, 2.05) is 30.3 Å². The van der Waals surface area contributed by atoms with Gasteiger partial charge in [0.05, 0.1) is 6.04 Å². The van der Waals surface area contributed by atoms with Gasteiger partial charge in [-0.1, -0.05) is 30.0 Å². The third-order valence-corrected chi connectivity index (χ3v) is 4.27. The van der Waals surface area contributed by atoms with E-state index in [4.69, 9.17) is 0 Å². The van der Waals surface area contributed by atoms with Gasteiger partial charge in [0.2, 0.25) is 5.91 Å². The average Bonchev–Trinajstić information content (AvgIpc) is 2.63. The molecule has 1 aromatic rings. The monoisotopic (exact) mass is 261 g/mol. The first-order valence-corrected chi connectivity index (χ1v) is 6.50. The Morgan fingerprint density at radius 2 is 2.00 bits per heavy atom. The first kappa shape index (κ1) is 11.3. The Labute approximate surface area is 108 Å². The number of fused-ring (bicyclic) bond motifs is 1. The van der Waals surface area contributed by atoms with Gasteiger partial charge in [0, 0.05) is 22.6 Å². The van der Waals surface area contributed by atoms with Gasteiger partial charge in [0.1, 0.15) is 5.70 Å². The number of carboxylic acids is 1. The highest BCUT2D eigenvalue weighted by atomic mass is 32.2. The molecule has 0 radical (unpaired) electrons. The minimum absolute atomic E-state index is 0.0646. The Balaban J connectivity index is 1.91. The normalized spacial score (nSPS) is 21.9. The number of carbonyl (C=O) groups excluding carboxylic acids is 1. The van der Waals surface area contributed by atoms with Gasteiger partial charge in [0.15, 0.2) is 0 Å². The first-order valence-electron chi connectivity index (χ1n) is 5.68. The quantitative estimate of drug-likeness (QED) is 0.846. The zero-order chi connectivity index (χ0) is 12.7. The second kappa shape index (κ2) is 4.17. The molecule has 1 atom stereocenters. The molecule has 1 N–H and O–H groups in total. The summed E-state index contributed by atoms with van der Waals surface area (Å²) in [7, 11) is 0. The predicted octanol–water partition coefficient (Wildman–Crippen LogP) is 2.08. The van der Waals surface area contributed by atoms with E-state index in [0.29, 0.717) is 12.8 Å². The number of benzene rings is 1. The molecule has 2 heterocycles. The summed E-state index contributed by atoms with van der Waals surface area (Å²) in [6, 6.07) is 9.69. The molecule has 18 heavy (non-hydrogen) atoms. The van der Waals surface area contributed by atoms with E-state index in [1.165, 1.54) is 16.7 Å². The predicted molar refractivity (Wildman–Crippen MR) is 66.8 cm³/mol. The van der Waals surface area contributed by atoms with Gasteiger partial charge in [-0.3, -0.25) is 4.79 Å². The summed E-state index contributed by atoms with van der Waals surface area (Å²) in [4.78, 5) is 25.9. The van der Waals surface area contributed by atoms with Crippen LogP contribution in [0.3, 0.4) is 0 Å².